The van der Waals surface area contributed by atoms with Crippen molar-refractivity contribution in [2.45, 2.75) is 20.3 Å². The summed E-state index contributed by atoms with van der Waals surface area (Å²) in [7, 11) is 0. The minimum atomic E-state index is 0.989. The van der Waals surface area contributed by atoms with Gasteiger partial charge in [0.15, 0.2) is 0 Å². The third-order valence-corrected chi connectivity index (χ3v) is 6.19. The fourth-order valence-corrected chi connectivity index (χ4v) is 5.04. The van der Waals surface area contributed by atoms with E-state index in [-0.39, 0.29) is 0 Å². The summed E-state index contributed by atoms with van der Waals surface area (Å²) in [4.78, 5) is 0. The van der Waals surface area contributed by atoms with Gasteiger partial charge in [-0.1, -0.05) is 101 Å². The van der Waals surface area contributed by atoms with Crippen LogP contribution in [0.1, 0.15) is 25.8 Å². The summed E-state index contributed by atoms with van der Waals surface area (Å²) >= 11 is 14.7. The molecule has 0 nitrogen and oxygen atoms in total. The fraction of sp³-hybridized carbons (Fsp3) is 0.158. The zero-order chi connectivity index (χ0) is 17.0. The van der Waals surface area contributed by atoms with E-state index in [1.54, 1.807) is 0 Å². The standard InChI is InChI=1S/C19H16Br4/c1-3-7-16(20)12(4-2)14-10-15(19(23)11-18(14)22)13-8-5-6-9-17(13)21/h4-11H,3H2,1-2H3/b12-4-,16-7+. The van der Waals surface area contributed by atoms with Crippen LogP contribution in [0.25, 0.3) is 16.7 Å². The van der Waals surface area contributed by atoms with E-state index in [0.29, 0.717) is 0 Å². The molecule has 120 valence electrons. The van der Waals surface area contributed by atoms with Crippen LogP contribution in [0.2, 0.25) is 0 Å². The van der Waals surface area contributed by atoms with Gasteiger partial charge in [0.25, 0.3) is 0 Å². The van der Waals surface area contributed by atoms with Crippen LogP contribution in [0, 0.1) is 0 Å². The van der Waals surface area contributed by atoms with Gasteiger partial charge in [0.2, 0.25) is 0 Å². The molecule has 0 heterocycles. The molecule has 0 aliphatic rings. The summed E-state index contributed by atoms with van der Waals surface area (Å²) in [5.41, 5.74) is 4.67. The number of hydrogen-bond acceptors (Lipinski definition) is 0. The van der Waals surface area contributed by atoms with E-state index in [1.165, 1.54) is 11.1 Å². The predicted molar refractivity (Wildman–Crippen MR) is 116 cm³/mol. The highest BCUT2D eigenvalue weighted by atomic mass is 79.9. The van der Waals surface area contributed by atoms with Gasteiger partial charge in [0, 0.05) is 17.9 Å². The van der Waals surface area contributed by atoms with Crippen LogP contribution in [0.5, 0.6) is 0 Å². The Balaban J connectivity index is 2.66. The summed E-state index contributed by atoms with van der Waals surface area (Å²) in [5, 5.41) is 0. The van der Waals surface area contributed by atoms with Crippen LogP contribution in [0.4, 0.5) is 0 Å². The lowest BCUT2D eigenvalue weighted by Crippen LogP contribution is -1.91. The molecule has 0 aliphatic heterocycles. The van der Waals surface area contributed by atoms with Crippen molar-refractivity contribution in [1.29, 1.82) is 0 Å². The molecule has 2 aromatic carbocycles. The molecule has 0 bridgehead atoms. The van der Waals surface area contributed by atoms with E-state index in [9.17, 15) is 0 Å². The Hall–Kier alpha value is -0.160. The molecule has 0 radical (unpaired) electrons. The Morgan fingerprint density at radius 3 is 2.26 bits per heavy atom. The lowest BCUT2D eigenvalue weighted by atomic mass is 9.98. The van der Waals surface area contributed by atoms with Crippen molar-refractivity contribution in [2.24, 2.45) is 0 Å². The zero-order valence-electron chi connectivity index (χ0n) is 12.8. The normalized spacial score (nSPS) is 12.6. The average Bonchev–Trinajstić information content (AvgIpc) is 2.51. The van der Waals surface area contributed by atoms with E-state index in [2.05, 4.69) is 120 Å². The molecule has 0 N–H and O–H groups in total. The second-order valence-corrected chi connectivity index (χ2v) is 8.37. The Morgan fingerprint density at radius 1 is 0.957 bits per heavy atom. The quantitative estimate of drug-likeness (QED) is 0.326. The molecular weight excluding hydrogens is 548 g/mol. The largest absolute Gasteiger partial charge is 0.0786 e. The SMILES string of the molecule is C/C=C(\C(Br)=C/CC)c1cc(-c2ccccc2Br)c(Br)cc1Br. The highest BCUT2D eigenvalue weighted by Gasteiger charge is 2.14. The van der Waals surface area contributed by atoms with Crippen LogP contribution in [0.3, 0.4) is 0 Å². The fourth-order valence-electron chi connectivity index (χ4n) is 2.35. The molecule has 0 aliphatic carbocycles. The molecule has 2 aromatic rings. The smallest absolute Gasteiger partial charge is 0.0265 e. The Labute approximate surface area is 171 Å². The molecule has 23 heavy (non-hydrogen) atoms. The molecule has 0 amide bonds. The molecule has 0 unspecified atom stereocenters. The molecule has 0 saturated carbocycles. The Morgan fingerprint density at radius 2 is 1.65 bits per heavy atom. The van der Waals surface area contributed by atoms with E-state index < -0.39 is 0 Å². The third-order valence-electron chi connectivity index (χ3n) is 3.44. The zero-order valence-corrected chi connectivity index (χ0v) is 19.2. The van der Waals surface area contributed by atoms with E-state index >= 15 is 0 Å². The maximum atomic E-state index is 3.70. The van der Waals surface area contributed by atoms with Gasteiger partial charge >= 0.3 is 0 Å². The highest BCUT2D eigenvalue weighted by molar-refractivity contribution is 9.12. The van der Waals surface area contributed by atoms with Crippen LogP contribution in [-0.4, -0.2) is 0 Å². The predicted octanol–water partition coefficient (Wildman–Crippen LogP) is 8.73. The van der Waals surface area contributed by atoms with E-state index in [1.807, 2.05) is 6.07 Å². The van der Waals surface area contributed by atoms with Gasteiger partial charge in [0.1, 0.15) is 0 Å². The first kappa shape index (κ1) is 19.2. The topological polar surface area (TPSA) is 0 Å². The van der Waals surface area contributed by atoms with Gasteiger partial charge in [0.05, 0.1) is 0 Å². The van der Waals surface area contributed by atoms with Crippen molar-refractivity contribution in [1.82, 2.24) is 0 Å². The number of halogens is 4. The van der Waals surface area contributed by atoms with Crippen molar-refractivity contribution in [3.05, 3.63) is 72.0 Å². The van der Waals surface area contributed by atoms with Crippen molar-refractivity contribution in [3.63, 3.8) is 0 Å². The van der Waals surface area contributed by atoms with E-state index in [0.717, 1.165) is 35.4 Å². The molecule has 0 saturated heterocycles. The van der Waals surface area contributed by atoms with Crippen molar-refractivity contribution < 1.29 is 0 Å². The Bertz CT molecular complexity index is 773. The minimum absolute atomic E-state index is 0.989. The first-order chi connectivity index (χ1) is 11.0. The number of benzene rings is 2. The molecule has 4 heteroatoms. The van der Waals surface area contributed by atoms with Gasteiger partial charge in [-0.05, 0) is 53.8 Å². The molecule has 0 spiro atoms. The first-order valence-corrected chi connectivity index (χ1v) is 10.4. The Kier molecular flexibility index (Phi) is 7.33. The van der Waals surface area contributed by atoms with Crippen LogP contribution >= 0.6 is 63.7 Å². The maximum Gasteiger partial charge on any atom is 0.0265 e. The van der Waals surface area contributed by atoms with Gasteiger partial charge in [-0.25, -0.2) is 0 Å². The molecule has 2 rings (SSSR count). The molecular formula is C19H16Br4. The second-order valence-electron chi connectivity index (χ2n) is 4.95. The van der Waals surface area contributed by atoms with Crippen molar-refractivity contribution >= 4 is 69.3 Å². The highest BCUT2D eigenvalue weighted by Crippen LogP contribution is 2.41. The first-order valence-electron chi connectivity index (χ1n) is 7.26. The number of rotatable bonds is 4. The average molecular weight is 564 g/mol. The molecule has 0 aromatic heterocycles. The molecule has 0 atom stereocenters. The van der Waals surface area contributed by atoms with E-state index in [4.69, 9.17) is 0 Å². The van der Waals surface area contributed by atoms with Crippen LogP contribution in [0.15, 0.2) is 66.5 Å². The monoisotopic (exact) mass is 560 g/mol. The van der Waals surface area contributed by atoms with Gasteiger partial charge in [-0.3, -0.25) is 0 Å². The summed E-state index contributed by atoms with van der Waals surface area (Å²) in [6, 6.07) is 12.6. The second kappa shape index (κ2) is 8.80. The van der Waals surface area contributed by atoms with Crippen LogP contribution in [-0.2, 0) is 0 Å². The summed E-state index contributed by atoms with van der Waals surface area (Å²) in [5.74, 6) is 0. The van der Waals surface area contributed by atoms with Gasteiger partial charge in [-0.2, -0.15) is 0 Å². The summed E-state index contributed by atoms with van der Waals surface area (Å²) < 4.78 is 4.32. The van der Waals surface area contributed by atoms with Gasteiger partial charge < -0.3 is 0 Å². The number of allylic oxidation sites excluding steroid dienone is 4. The van der Waals surface area contributed by atoms with Crippen LogP contribution < -0.4 is 0 Å². The lowest BCUT2D eigenvalue weighted by Gasteiger charge is -2.14. The minimum Gasteiger partial charge on any atom is -0.0786 e. The lowest BCUT2D eigenvalue weighted by molar-refractivity contribution is 1.22. The van der Waals surface area contributed by atoms with Crippen molar-refractivity contribution in [3.8, 4) is 11.1 Å². The van der Waals surface area contributed by atoms with Crippen molar-refractivity contribution in [2.75, 3.05) is 0 Å². The van der Waals surface area contributed by atoms with Gasteiger partial charge in [-0.15, -0.1) is 0 Å². The summed E-state index contributed by atoms with van der Waals surface area (Å²) in [6.45, 7) is 4.20. The summed E-state index contributed by atoms with van der Waals surface area (Å²) in [6.07, 6.45) is 5.30. The third kappa shape index (κ3) is 4.47. The maximum absolute atomic E-state index is 3.70. The molecule has 0 fully saturated rings. The number of hydrogen-bond donors (Lipinski definition) is 0.